The third-order valence-electron chi connectivity index (χ3n) is 5.30. The zero-order valence-corrected chi connectivity index (χ0v) is 17.1. The second-order valence-corrected chi connectivity index (χ2v) is 7.71. The fraction of sp³-hybridized carbons (Fsp3) is 0.545. The fourth-order valence-electron chi connectivity index (χ4n) is 3.39. The normalized spacial score (nSPS) is 14.6. The van der Waals surface area contributed by atoms with Crippen LogP contribution in [0.15, 0.2) is 29.1 Å². The van der Waals surface area contributed by atoms with E-state index in [1.165, 1.54) is 0 Å². The van der Waals surface area contributed by atoms with Gasteiger partial charge in [-0.2, -0.15) is 0 Å². The molecule has 1 saturated carbocycles. The Morgan fingerprint density at radius 1 is 1.31 bits per heavy atom. The van der Waals surface area contributed by atoms with E-state index in [1.54, 1.807) is 4.57 Å². The highest BCUT2D eigenvalue weighted by Gasteiger charge is 2.29. The van der Waals surface area contributed by atoms with Crippen LogP contribution in [0.4, 0.5) is 0 Å². The van der Waals surface area contributed by atoms with Crippen molar-refractivity contribution in [3.8, 4) is 0 Å². The zero-order valence-electron chi connectivity index (χ0n) is 17.1. The standard InChI is InChI=1S/C22H29N3O4/c1-3-4-13-25-19-8-6-5-7-17(19)24-18(22(25)28)11-12-21(27)29-14-20(26)23-15(2)16-9-10-16/h5-8,15-16H,3-4,9-14H2,1-2H3,(H,23,26)/t15-/m1/s1. The van der Waals surface area contributed by atoms with Crippen LogP contribution >= 0.6 is 0 Å². The summed E-state index contributed by atoms with van der Waals surface area (Å²) in [4.78, 5) is 41.2. The van der Waals surface area contributed by atoms with Crippen molar-refractivity contribution in [1.29, 1.82) is 0 Å². The summed E-state index contributed by atoms with van der Waals surface area (Å²) in [7, 11) is 0. The minimum Gasteiger partial charge on any atom is -0.456 e. The van der Waals surface area contributed by atoms with Gasteiger partial charge in [-0.15, -0.1) is 0 Å². The maximum atomic E-state index is 12.8. The molecular weight excluding hydrogens is 370 g/mol. The van der Waals surface area contributed by atoms with Crippen LogP contribution in [0.1, 0.15) is 51.6 Å². The van der Waals surface area contributed by atoms with Crippen LogP contribution in [-0.4, -0.2) is 34.1 Å². The third-order valence-corrected chi connectivity index (χ3v) is 5.30. The molecule has 2 aromatic rings. The number of ether oxygens (including phenoxy) is 1. The molecule has 1 heterocycles. The number of unbranched alkanes of at least 4 members (excludes halogenated alkanes) is 1. The Hall–Kier alpha value is -2.70. The number of aryl methyl sites for hydroxylation is 2. The molecule has 29 heavy (non-hydrogen) atoms. The maximum absolute atomic E-state index is 12.8. The molecule has 0 bridgehead atoms. The highest BCUT2D eigenvalue weighted by atomic mass is 16.5. The maximum Gasteiger partial charge on any atom is 0.306 e. The molecule has 0 spiro atoms. The molecule has 0 saturated heterocycles. The molecule has 156 valence electrons. The smallest absolute Gasteiger partial charge is 0.306 e. The molecule has 1 N–H and O–H groups in total. The lowest BCUT2D eigenvalue weighted by Crippen LogP contribution is -2.37. The third kappa shape index (κ3) is 5.65. The number of hydrogen-bond donors (Lipinski definition) is 1. The Morgan fingerprint density at radius 2 is 2.07 bits per heavy atom. The van der Waals surface area contributed by atoms with Gasteiger partial charge in [-0.3, -0.25) is 14.4 Å². The molecule has 7 nitrogen and oxygen atoms in total. The van der Waals surface area contributed by atoms with E-state index in [9.17, 15) is 14.4 Å². The summed E-state index contributed by atoms with van der Waals surface area (Å²) in [5.41, 5.74) is 1.73. The minimum atomic E-state index is -0.506. The molecule has 1 aromatic carbocycles. The van der Waals surface area contributed by atoms with Crippen molar-refractivity contribution >= 4 is 22.9 Å². The first-order valence-corrected chi connectivity index (χ1v) is 10.4. The topological polar surface area (TPSA) is 90.3 Å². The van der Waals surface area contributed by atoms with Crippen LogP contribution in [-0.2, 0) is 27.3 Å². The number of carbonyl (C=O) groups excluding carboxylic acids is 2. The van der Waals surface area contributed by atoms with Crippen LogP contribution < -0.4 is 10.9 Å². The van der Waals surface area contributed by atoms with Gasteiger partial charge in [0.1, 0.15) is 5.69 Å². The highest BCUT2D eigenvalue weighted by molar-refractivity contribution is 5.81. The van der Waals surface area contributed by atoms with Gasteiger partial charge in [-0.05, 0) is 44.2 Å². The van der Waals surface area contributed by atoms with Crippen molar-refractivity contribution in [3.05, 3.63) is 40.3 Å². The number of esters is 1. The van der Waals surface area contributed by atoms with Crippen molar-refractivity contribution in [2.75, 3.05) is 6.61 Å². The quantitative estimate of drug-likeness (QED) is 0.620. The second-order valence-electron chi connectivity index (χ2n) is 7.71. The number of amides is 1. The molecule has 1 aromatic heterocycles. The van der Waals surface area contributed by atoms with Gasteiger partial charge in [-0.25, -0.2) is 4.98 Å². The van der Waals surface area contributed by atoms with Gasteiger partial charge in [0.15, 0.2) is 6.61 Å². The van der Waals surface area contributed by atoms with E-state index in [2.05, 4.69) is 17.2 Å². The molecule has 1 amide bonds. The van der Waals surface area contributed by atoms with E-state index in [0.717, 1.165) is 36.7 Å². The van der Waals surface area contributed by atoms with Crippen molar-refractivity contribution in [1.82, 2.24) is 14.9 Å². The van der Waals surface area contributed by atoms with Crippen LogP contribution in [0, 0.1) is 5.92 Å². The van der Waals surface area contributed by atoms with E-state index >= 15 is 0 Å². The summed E-state index contributed by atoms with van der Waals surface area (Å²) >= 11 is 0. The molecule has 1 aliphatic carbocycles. The lowest BCUT2D eigenvalue weighted by atomic mass is 10.2. The number of nitrogens with zero attached hydrogens (tertiary/aromatic N) is 2. The van der Waals surface area contributed by atoms with Gasteiger partial charge in [0, 0.05) is 19.0 Å². The average Bonchev–Trinajstić information content (AvgIpc) is 3.55. The lowest BCUT2D eigenvalue weighted by Gasteiger charge is -2.13. The number of benzene rings is 1. The van der Waals surface area contributed by atoms with E-state index in [4.69, 9.17) is 4.74 Å². The lowest BCUT2D eigenvalue weighted by molar-refractivity contribution is -0.148. The first-order valence-electron chi connectivity index (χ1n) is 10.4. The van der Waals surface area contributed by atoms with Gasteiger partial charge in [0.05, 0.1) is 17.5 Å². The van der Waals surface area contributed by atoms with Crippen molar-refractivity contribution in [2.45, 2.75) is 65.0 Å². The van der Waals surface area contributed by atoms with Gasteiger partial charge in [0.2, 0.25) is 0 Å². The number of fused-ring (bicyclic) bond motifs is 1. The molecule has 1 atom stereocenters. The van der Waals surface area contributed by atoms with Crippen LogP contribution in [0.2, 0.25) is 0 Å². The first-order chi connectivity index (χ1) is 14.0. The number of rotatable bonds is 10. The van der Waals surface area contributed by atoms with Crippen molar-refractivity contribution in [3.63, 3.8) is 0 Å². The largest absolute Gasteiger partial charge is 0.456 e. The Bertz CT molecular complexity index is 933. The van der Waals surface area contributed by atoms with Crippen LogP contribution in [0.5, 0.6) is 0 Å². The van der Waals surface area contributed by atoms with Gasteiger partial charge in [-0.1, -0.05) is 25.5 Å². The summed E-state index contributed by atoms with van der Waals surface area (Å²) in [6, 6.07) is 7.63. The highest BCUT2D eigenvalue weighted by Crippen LogP contribution is 2.32. The van der Waals surface area contributed by atoms with E-state index in [1.807, 2.05) is 31.2 Å². The Kier molecular flexibility index (Phi) is 7.01. The average molecular weight is 399 g/mol. The molecule has 1 fully saturated rings. The van der Waals surface area contributed by atoms with Gasteiger partial charge in [0.25, 0.3) is 11.5 Å². The van der Waals surface area contributed by atoms with Crippen LogP contribution in [0.3, 0.4) is 0 Å². The second kappa shape index (κ2) is 9.67. The molecule has 0 unspecified atom stereocenters. The number of carbonyl (C=O) groups is 2. The van der Waals surface area contributed by atoms with E-state index in [-0.39, 0.29) is 37.0 Å². The molecule has 3 rings (SSSR count). The number of aromatic nitrogens is 2. The fourth-order valence-corrected chi connectivity index (χ4v) is 3.39. The number of para-hydroxylation sites is 2. The van der Waals surface area contributed by atoms with Crippen LogP contribution in [0.25, 0.3) is 11.0 Å². The summed E-state index contributed by atoms with van der Waals surface area (Å²) < 4.78 is 6.80. The summed E-state index contributed by atoms with van der Waals surface area (Å²) in [5.74, 6) is -0.249. The van der Waals surface area contributed by atoms with Gasteiger partial charge >= 0.3 is 5.97 Å². The first kappa shape index (κ1) is 21.0. The summed E-state index contributed by atoms with van der Waals surface area (Å²) in [5, 5.41) is 2.85. The molecular formula is C22H29N3O4. The number of nitrogens with one attached hydrogen (secondary N) is 1. The SMILES string of the molecule is CCCCn1c(=O)c(CCC(=O)OCC(=O)N[C@H](C)C2CC2)nc2ccccc21. The van der Waals surface area contributed by atoms with E-state index < -0.39 is 5.97 Å². The Labute approximate surface area is 170 Å². The van der Waals surface area contributed by atoms with Crippen molar-refractivity contribution in [2.24, 2.45) is 5.92 Å². The van der Waals surface area contributed by atoms with E-state index in [0.29, 0.717) is 18.2 Å². The van der Waals surface area contributed by atoms with Gasteiger partial charge < -0.3 is 14.6 Å². The monoisotopic (exact) mass is 399 g/mol. The Balaban J connectivity index is 1.59. The zero-order chi connectivity index (χ0) is 20.8. The Morgan fingerprint density at radius 3 is 2.79 bits per heavy atom. The molecule has 0 aliphatic heterocycles. The van der Waals surface area contributed by atoms with Crippen molar-refractivity contribution < 1.29 is 14.3 Å². The minimum absolute atomic E-state index is 0.0137. The molecule has 1 aliphatic rings. The predicted octanol–water partition coefficient (Wildman–Crippen LogP) is 2.59. The molecule has 0 radical (unpaired) electrons. The number of hydrogen-bond acceptors (Lipinski definition) is 5. The summed E-state index contributed by atoms with van der Waals surface area (Å²) in [6.45, 7) is 4.37. The summed E-state index contributed by atoms with van der Waals surface area (Å²) in [6.07, 6.45) is 4.34. The predicted molar refractivity (Wildman–Crippen MR) is 111 cm³/mol. The molecule has 7 heteroatoms.